The molecule has 1 heterocycles. The minimum Gasteiger partial charge on any atom is -0.497 e. The van der Waals surface area contributed by atoms with Crippen LogP contribution in [0.2, 0.25) is 0 Å². The van der Waals surface area contributed by atoms with Gasteiger partial charge in [-0.15, -0.1) is 11.3 Å². The Morgan fingerprint density at radius 3 is 2.50 bits per heavy atom. The predicted octanol–water partition coefficient (Wildman–Crippen LogP) is 6.67. The van der Waals surface area contributed by atoms with Gasteiger partial charge in [-0.3, -0.25) is 4.79 Å². The number of anilines is 1. The Hall–Kier alpha value is -3.85. The summed E-state index contributed by atoms with van der Waals surface area (Å²) in [4.78, 5) is 16.9. The zero-order chi connectivity index (χ0) is 24.1. The molecule has 0 atom stereocenters. The molecule has 0 fully saturated rings. The van der Waals surface area contributed by atoms with E-state index in [2.05, 4.69) is 10.3 Å². The second kappa shape index (κ2) is 9.96. The van der Waals surface area contributed by atoms with Crippen LogP contribution in [0.5, 0.6) is 11.5 Å². The van der Waals surface area contributed by atoms with Gasteiger partial charge >= 0.3 is 6.18 Å². The summed E-state index contributed by atoms with van der Waals surface area (Å²) >= 11 is 1.30. The summed E-state index contributed by atoms with van der Waals surface area (Å²) in [6, 6.07) is 19.0. The third-order valence-electron chi connectivity index (χ3n) is 4.83. The molecule has 34 heavy (non-hydrogen) atoms. The summed E-state index contributed by atoms with van der Waals surface area (Å²) in [5, 5.41) is 5.06. The number of ether oxygens (including phenoxy) is 2. The number of rotatable bonds is 7. The molecule has 4 aromatic rings. The lowest BCUT2D eigenvalue weighted by molar-refractivity contribution is -0.137. The highest BCUT2D eigenvalue weighted by Gasteiger charge is 2.30. The molecule has 3 aromatic carbocycles. The van der Waals surface area contributed by atoms with Gasteiger partial charge in [-0.1, -0.05) is 24.3 Å². The predicted molar refractivity (Wildman–Crippen MR) is 124 cm³/mol. The molecule has 0 saturated heterocycles. The normalized spacial score (nSPS) is 11.2. The molecular weight excluding hydrogens is 465 g/mol. The Kier molecular flexibility index (Phi) is 6.83. The Bertz CT molecular complexity index is 1290. The monoisotopic (exact) mass is 484 g/mol. The number of halogens is 3. The van der Waals surface area contributed by atoms with Gasteiger partial charge in [-0.25, -0.2) is 4.98 Å². The van der Waals surface area contributed by atoms with Crippen molar-refractivity contribution < 1.29 is 27.4 Å². The summed E-state index contributed by atoms with van der Waals surface area (Å²) in [6.45, 7) is -0.0131. The topological polar surface area (TPSA) is 60.5 Å². The first-order valence-electron chi connectivity index (χ1n) is 10.1. The molecule has 174 valence electrons. The average Bonchev–Trinajstić information content (AvgIpc) is 3.34. The zero-order valence-electron chi connectivity index (χ0n) is 17.9. The molecule has 1 aromatic heterocycles. The number of amides is 1. The van der Waals surface area contributed by atoms with Crippen molar-refractivity contribution in [2.45, 2.75) is 12.8 Å². The number of hydrogen-bond acceptors (Lipinski definition) is 5. The molecule has 0 bridgehead atoms. The van der Waals surface area contributed by atoms with Gasteiger partial charge in [-0.05, 0) is 54.1 Å². The molecule has 0 aliphatic carbocycles. The van der Waals surface area contributed by atoms with Crippen molar-refractivity contribution >= 4 is 22.9 Å². The van der Waals surface area contributed by atoms with Crippen LogP contribution in [0.25, 0.3) is 10.6 Å². The van der Waals surface area contributed by atoms with Crippen molar-refractivity contribution in [1.29, 1.82) is 0 Å². The summed E-state index contributed by atoms with van der Waals surface area (Å²) in [5.41, 5.74) is 1.31. The van der Waals surface area contributed by atoms with E-state index in [0.717, 1.165) is 17.7 Å². The van der Waals surface area contributed by atoms with Crippen molar-refractivity contribution in [2.75, 3.05) is 12.4 Å². The van der Waals surface area contributed by atoms with E-state index in [1.807, 2.05) is 6.07 Å². The average molecular weight is 484 g/mol. The van der Waals surface area contributed by atoms with E-state index in [9.17, 15) is 18.0 Å². The fraction of sp³-hybridized carbons (Fsp3) is 0.120. The highest BCUT2D eigenvalue weighted by atomic mass is 32.1. The van der Waals surface area contributed by atoms with Gasteiger partial charge in [0, 0.05) is 16.6 Å². The summed E-state index contributed by atoms with van der Waals surface area (Å²) in [6.07, 6.45) is -4.40. The van der Waals surface area contributed by atoms with Crippen LogP contribution in [0.4, 0.5) is 18.9 Å². The molecule has 1 amide bonds. The molecule has 0 aliphatic rings. The minimum absolute atomic E-state index is 0.0131. The van der Waals surface area contributed by atoms with Gasteiger partial charge in [0.2, 0.25) is 0 Å². The van der Waals surface area contributed by atoms with Crippen LogP contribution < -0.4 is 14.8 Å². The fourth-order valence-electron chi connectivity index (χ4n) is 3.10. The number of benzene rings is 3. The molecular formula is C25H19F3N2O3S. The molecule has 0 unspecified atom stereocenters. The highest BCUT2D eigenvalue weighted by Crippen LogP contribution is 2.31. The van der Waals surface area contributed by atoms with E-state index in [1.165, 1.54) is 17.4 Å². The number of thiazole rings is 1. The second-order valence-electron chi connectivity index (χ2n) is 7.24. The number of carbonyl (C=O) groups is 1. The van der Waals surface area contributed by atoms with Crippen LogP contribution in [0.3, 0.4) is 0 Å². The van der Waals surface area contributed by atoms with Crippen molar-refractivity contribution in [3.8, 4) is 22.1 Å². The van der Waals surface area contributed by atoms with E-state index in [1.54, 1.807) is 61.0 Å². The first-order chi connectivity index (χ1) is 16.3. The summed E-state index contributed by atoms with van der Waals surface area (Å²) < 4.78 is 49.5. The van der Waals surface area contributed by atoms with Gasteiger partial charge in [0.05, 0.1) is 12.7 Å². The highest BCUT2D eigenvalue weighted by molar-refractivity contribution is 7.13. The summed E-state index contributed by atoms with van der Waals surface area (Å²) in [5.74, 6) is 0.822. The molecule has 5 nitrogen and oxygen atoms in total. The lowest BCUT2D eigenvalue weighted by Crippen LogP contribution is -2.12. The minimum atomic E-state index is -4.40. The molecule has 9 heteroatoms. The molecule has 0 spiro atoms. The van der Waals surface area contributed by atoms with Crippen molar-refractivity contribution in [3.63, 3.8) is 0 Å². The first kappa shape index (κ1) is 23.3. The Balaban J connectivity index is 1.42. The van der Waals surface area contributed by atoms with Gasteiger partial charge in [0.1, 0.15) is 28.8 Å². The Morgan fingerprint density at radius 2 is 1.76 bits per heavy atom. The van der Waals surface area contributed by atoms with Gasteiger partial charge < -0.3 is 14.8 Å². The largest absolute Gasteiger partial charge is 0.497 e. The molecule has 0 saturated carbocycles. The smallest absolute Gasteiger partial charge is 0.416 e. The van der Waals surface area contributed by atoms with Gasteiger partial charge in [-0.2, -0.15) is 13.2 Å². The van der Waals surface area contributed by atoms with Crippen molar-refractivity contribution in [2.24, 2.45) is 0 Å². The van der Waals surface area contributed by atoms with E-state index < -0.39 is 11.7 Å². The lowest BCUT2D eigenvalue weighted by atomic mass is 10.1. The van der Waals surface area contributed by atoms with Crippen LogP contribution in [-0.4, -0.2) is 18.0 Å². The SMILES string of the molecule is COc1ccc(NC(=O)c2csc(-c3cccc(OCc4cccc(C(F)(F)F)c4)c3)n2)cc1. The van der Waals surface area contributed by atoms with E-state index in [4.69, 9.17) is 9.47 Å². The van der Waals surface area contributed by atoms with Crippen LogP contribution >= 0.6 is 11.3 Å². The number of nitrogens with zero attached hydrogens (tertiary/aromatic N) is 1. The Labute approximate surface area is 197 Å². The van der Waals surface area contributed by atoms with Crippen LogP contribution in [-0.2, 0) is 12.8 Å². The maximum Gasteiger partial charge on any atom is 0.416 e. The standard InChI is InChI=1S/C25H19F3N2O3S/c1-32-20-10-8-19(9-11-20)29-23(31)22-15-34-24(30-22)17-5-3-7-21(13-17)33-14-16-4-2-6-18(12-16)25(26,27)28/h2-13,15H,14H2,1H3,(H,29,31). The second-order valence-corrected chi connectivity index (χ2v) is 8.09. The third-order valence-corrected chi connectivity index (χ3v) is 5.72. The van der Waals surface area contributed by atoms with Gasteiger partial charge in [0.25, 0.3) is 5.91 Å². The number of hydrogen-bond donors (Lipinski definition) is 1. The number of aromatic nitrogens is 1. The maximum absolute atomic E-state index is 12.9. The molecule has 0 aliphatic heterocycles. The maximum atomic E-state index is 12.9. The third kappa shape index (κ3) is 5.74. The van der Waals surface area contributed by atoms with Crippen molar-refractivity contribution in [3.05, 3.63) is 95.0 Å². The number of methoxy groups -OCH3 is 1. The Morgan fingerprint density at radius 1 is 1.00 bits per heavy atom. The van der Waals surface area contributed by atoms with E-state index in [0.29, 0.717) is 27.8 Å². The first-order valence-corrected chi connectivity index (χ1v) is 11.0. The number of carbonyl (C=O) groups excluding carboxylic acids is 1. The van der Waals surface area contributed by atoms with Crippen LogP contribution in [0.15, 0.2) is 78.2 Å². The van der Waals surface area contributed by atoms with Crippen LogP contribution in [0, 0.1) is 0 Å². The number of alkyl halides is 3. The number of nitrogens with one attached hydrogen (secondary N) is 1. The fourth-order valence-corrected chi connectivity index (χ4v) is 3.90. The van der Waals surface area contributed by atoms with E-state index >= 15 is 0 Å². The van der Waals surface area contributed by atoms with Crippen LogP contribution in [0.1, 0.15) is 21.6 Å². The summed E-state index contributed by atoms with van der Waals surface area (Å²) in [7, 11) is 1.57. The quantitative estimate of drug-likeness (QED) is 0.318. The molecule has 4 rings (SSSR count). The van der Waals surface area contributed by atoms with Gasteiger partial charge in [0.15, 0.2) is 0 Å². The lowest BCUT2D eigenvalue weighted by Gasteiger charge is -2.10. The zero-order valence-corrected chi connectivity index (χ0v) is 18.7. The van der Waals surface area contributed by atoms with E-state index in [-0.39, 0.29) is 18.2 Å². The molecule has 0 radical (unpaired) electrons. The molecule has 1 N–H and O–H groups in total. The van der Waals surface area contributed by atoms with Crippen molar-refractivity contribution in [1.82, 2.24) is 4.98 Å².